The Hall–Kier alpha value is -4.10. The van der Waals surface area contributed by atoms with Gasteiger partial charge in [0.05, 0.1) is 20.4 Å². The van der Waals surface area contributed by atoms with Crippen molar-refractivity contribution in [2.45, 2.75) is 33.5 Å². The number of fused-ring (bicyclic) bond motifs is 1. The van der Waals surface area contributed by atoms with E-state index in [1.807, 2.05) is 80.6 Å². The predicted octanol–water partition coefficient (Wildman–Crippen LogP) is 5.48. The first kappa shape index (κ1) is 23.6. The molecule has 0 amide bonds. The van der Waals surface area contributed by atoms with E-state index in [4.69, 9.17) is 14.5 Å². The Morgan fingerprint density at radius 1 is 0.861 bits per heavy atom. The van der Waals surface area contributed by atoms with Crippen molar-refractivity contribution >= 4 is 11.6 Å². The SMILES string of the molecule is CCc1c(C)nc2n(c1=O)CN(Cc1ccc(OC)cc1)CN2c1ccc(Oc2ccccc2)cc1. The van der Waals surface area contributed by atoms with Crippen molar-refractivity contribution in [3.63, 3.8) is 0 Å². The molecule has 1 aliphatic heterocycles. The summed E-state index contributed by atoms with van der Waals surface area (Å²) >= 11 is 0. The fourth-order valence-electron chi connectivity index (χ4n) is 4.54. The van der Waals surface area contributed by atoms with Crippen LogP contribution in [0.5, 0.6) is 17.2 Å². The van der Waals surface area contributed by atoms with Gasteiger partial charge in [0.2, 0.25) is 5.95 Å². The van der Waals surface area contributed by atoms with Crippen molar-refractivity contribution in [2.24, 2.45) is 0 Å². The second-order valence-electron chi connectivity index (χ2n) is 8.86. The topological polar surface area (TPSA) is 59.8 Å². The molecule has 0 bridgehead atoms. The summed E-state index contributed by atoms with van der Waals surface area (Å²) in [6, 6.07) is 25.7. The van der Waals surface area contributed by atoms with Crippen LogP contribution in [0.2, 0.25) is 0 Å². The van der Waals surface area contributed by atoms with Crippen molar-refractivity contribution < 1.29 is 9.47 Å². The van der Waals surface area contributed by atoms with Crippen LogP contribution >= 0.6 is 0 Å². The fourth-order valence-corrected chi connectivity index (χ4v) is 4.54. The first-order valence-corrected chi connectivity index (χ1v) is 12.1. The van der Waals surface area contributed by atoms with E-state index in [1.54, 1.807) is 11.7 Å². The molecule has 0 radical (unpaired) electrons. The quantitative estimate of drug-likeness (QED) is 0.347. The number of rotatable bonds is 7. The van der Waals surface area contributed by atoms with Gasteiger partial charge in [-0.05, 0) is 67.4 Å². The number of aromatic nitrogens is 2. The average Bonchev–Trinajstić information content (AvgIpc) is 2.91. The maximum Gasteiger partial charge on any atom is 0.259 e. The van der Waals surface area contributed by atoms with Crippen molar-refractivity contribution in [3.8, 4) is 17.2 Å². The molecule has 0 N–H and O–H groups in total. The lowest BCUT2D eigenvalue weighted by molar-refractivity contribution is 0.189. The third-order valence-corrected chi connectivity index (χ3v) is 6.42. The van der Waals surface area contributed by atoms with E-state index in [1.165, 1.54) is 0 Å². The molecule has 2 heterocycles. The van der Waals surface area contributed by atoms with E-state index in [2.05, 4.69) is 21.9 Å². The van der Waals surface area contributed by atoms with Crippen molar-refractivity contribution in [1.82, 2.24) is 14.5 Å². The molecule has 1 aliphatic rings. The van der Waals surface area contributed by atoms with E-state index >= 15 is 0 Å². The van der Waals surface area contributed by atoms with Gasteiger partial charge in [0.25, 0.3) is 5.56 Å². The molecule has 4 aromatic rings. The minimum Gasteiger partial charge on any atom is -0.497 e. The van der Waals surface area contributed by atoms with E-state index in [0.29, 0.717) is 32.3 Å². The van der Waals surface area contributed by atoms with Crippen LogP contribution in [0.1, 0.15) is 23.7 Å². The molecule has 0 aliphatic carbocycles. The number of methoxy groups -OCH3 is 1. The van der Waals surface area contributed by atoms with Crippen LogP contribution in [0.15, 0.2) is 83.7 Å². The largest absolute Gasteiger partial charge is 0.497 e. The molecular weight excluding hydrogens is 452 g/mol. The maximum absolute atomic E-state index is 13.4. The Labute approximate surface area is 211 Å². The van der Waals surface area contributed by atoms with E-state index in [-0.39, 0.29) is 5.56 Å². The summed E-state index contributed by atoms with van der Waals surface area (Å²) in [6.07, 6.45) is 0.655. The summed E-state index contributed by atoms with van der Waals surface area (Å²) in [5.74, 6) is 3.03. The summed E-state index contributed by atoms with van der Waals surface area (Å²) in [6.45, 7) is 5.69. The van der Waals surface area contributed by atoms with Gasteiger partial charge in [0.1, 0.15) is 17.2 Å². The lowest BCUT2D eigenvalue weighted by Gasteiger charge is -2.38. The van der Waals surface area contributed by atoms with Gasteiger partial charge in [0.15, 0.2) is 0 Å². The van der Waals surface area contributed by atoms with Crippen LogP contribution in [0.3, 0.4) is 0 Å². The zero-order chi connectivity index (χ0) is 25.1. The highest BCUT2D eigenvalue weighted by Crippen LogP contribution is 2.31. The Morgan fingerprint density at radius 2 is 1.53 bits per heavy atom. The second kappa shape index (κ2) is 10.3. The summed E-state index contributed by atoms with van der Waals surface area (Å²) < 4.78 is 13.0. The number of nitrogens with zero attached hydrogens (tertiary/aromatic N) is 4. The van der Waals surface area contributed by atoms with E-state index < -0.39 is 0 Å². The van der Waals surface area contributed by atoms with Gasteiger partial charge in [-0.1, -0.05) is 37.3 Å². The van der Waals surface area contributed by atoms with Crippen molar-refractivity contribution in [3.05, 3.63) is 106 Å². The normalized spacial score (nSPS) is 13.4. The number of aryl methyl sites for hydroxylation is 1. The smallest absolute Gasteiger partial charge is 0.259 e. The maximum atomic E-state index is 13.4. The first-order chi connectivity index (χ1) is 17.6. The molecule has 0 spiro atoms. The van der Waals surface area contributed by atoms with Crippen LogP contribution in [0.4, 0.5) is 11.6 Å². The fraction of sp³-hybridized carbons (Fsp3) is 0.241. The molecule has 0 fully saturated rings. The molecule has 0 saturated heterocycles. The highest BCUT2D eigenvalue weighted by atomic mass is 16.5. The van der Waals surface area contributed by atoms with Crippen LogP contribution < -0.4 is 19.9 Å². The Balaban J connectivity index is 1.47. The van der Waals surface area contributed by atoms with Gasteiger partial charge in [0, 0.05) is 23.5 Å². The number of hydrogen-bond acceptors (Lipinski definition) is 6. The molecule has 3 aromatic carbocycles. The Kier molecular flexibility index (Phi) is 6.73. The lowest BCUT2D eigenvalue weighted by Crippen LogP contribution is -2.47. The number of anilines is 2. The van der Waals surface area contributed by atoms with E-state index in [0.717, 1.165) is 39.8 Å². The number of hydrogen-bond donors (Lipinski definition) is 0. The molecule has 1 aromatic heterocycles. The highest BCUT2D eigenvalue weighted by molar-refractivity contribution is 5.59. The molecule has 0 atom stereocenters. The van der Waals surface area contributed by atoms with Crippen LogP contribution in [0.25, 0.3) is 0 Å². The summed E-state index contributed by atoms with van der Waals surface area (Å²) in [5, 5.41) is 0. The first-order valence-electron chi connectivity index (χ1n) is 12.1. The monoisotopic (exact) mass is 482 g/mol. The number of benzene rings is 3. The third-order valence-electron chi connectivity index (χ3n) is 6.42. The van der Waals surface area contributed by atoms with Gasteiger partial charge < -0.3 is 9.47 Å². The zero-order valence-corrected chi connectivity index (χ0v) is 20.8. The molecule has 7 nitrogen and oxygen atoms in total. The summed E-state index contributed by atoms with van der Waals surface area (Å²) in [7, 11) is 1.66. The number of ether oxygens (including phenoxy) is 2. The third kappa shape index (κ3) is 4.83. The molecule has 0 saturated carbocycles. The van der Waals surface area contributed by atoms with Crippen LogP contribution in [0, 0.1) is 6.92 Å². The molecule has 184 valence electrons. The highest BCUT2D eigenvalue weighted by Gasteiger charge is 2.27. The van der Waals surface area contributed by atoms with Crippen LogP contribution in [-0.2, 0) is 19.6 Å². The van der Waals surface area contributed by atoms with E-state index in [9.17, 15) is 4.79 Å². The van der Waals surface area contributed by atoms with Gasteiger partial charge in [-0.2, -0.15) is 0 Å². The average molecular weight is 483 g/mol. The lowest BCUT2D eigenvalue weighted by atomic mass is 10.2. The Morgan fingerprint density at radius 3 is 2.19 bits per heavy atom. The minimum atomic E-state index is 0.0217. The van der Waals surface area contributed by atoms with Crippen LogP contribution in [-0.4, -0.2) is 28.2 Å². The van der Waals surface area contributed by atoms with Crippen molar-refractivity contribution in [2.75, 3.05) is 18.7 Å². The summed E-state index contributed by atoms with van der Waals surface area (Å²) in [4.78, 5) is 22.6. The van der Waals surface area contributed by atoms with Gasteiger partial charge in [-0.15, -0.1) is 0 Å². The number of para-hydroxylation sites is 1. The van der Waals surface area contributed by atoms with Gasteiger partial charge in [-0.3, -0.25) is 19.2 Å². The Bertz CT molecular complexity index is 1380. The standard InChI is InChI=1S/C29H30N4O3/c1-4-27-21(2)30-29-32(23-12-16-26(17-13-23)36-25-8-6-5-7-9-25)19-31(20-33(29)28(27)34)18-22-10-14-24(35-3)15-11-22/h5-17H,4,18-20H2,1-3H3. The molecule has 0 unspecified atom stereocenters. The van der Waals surface area contributed by atoms with Crippen molar-refractivity contribution in [1.29, 1.82) is 0 Å². The summed E-state index contributed by atoms with van der Waals surface area (Å²) in [5.41, 5.74) is 3.66. The molecule has 7 heteroatoms. The molecular formula is C29H30N4O3. The zero-order valence-electron chi connectivity index (χ0n) is 20.8. The second-order valence-corrected chi connectivity index (χ2v) is 8.86. The van der Waals surface area contributed by atoms with Gasteiger partial charge >= 0.3 is 0 Å². The molecule has 36 heavy (non-hydrogen) atoms. The van der Waals surface area contributed by atoms with Gasteiger partial charge in [-0.25, -0.2) is 4.98 Å². The molecule has 5 rings (SSSR count). The minimum absolute atomic E-state index is 0.0217. The predicted molar refractivity (Wildman–Crippen MR) is 141 cm³/mol.